The van der Waals surface area contributed by atoms with Crippen molar-refractivity contribution in [3.63, 3.8) is 0 Å². The van der Waals surface area contributed by atoms with Crippen molar-refractivity contribution in [3.05, 3.63) is 188 Å². The van der Waals surface area contributed by atoms with Crippen LogP contribution in [-0.4, -0.2) is 0 Å². The molecule has 4 saturated carbocycles. The Hall–Kier alpha value is -6.38. The van der Waals surface area contributed by atoms with Gasteiger partial charge in [0.15, 0.2) is 5.58 Å². The van der Waals surface area contributed by atoms with E-state index in [0.717, 1.165) is 56.8 Å². The molecule has 2 nitrogen and oxygen atoms in total. The topological polar surface area (TPSA) is 16.4 Å². The predicted molar refractivity (Wildman–Crippen MR) is 242 cm³/mol. The summed E-state index contributed by atoms with van der Waals surface area (Å²) in [5.41, 5.74) is 14.4. The molecule has 1 heterocycles. The summed E-state index contributed by atoms with van der Waals surface area (Å²) in [5, 5.41) is 4.76. The highest BCUT2D eigenvalue weighted by Gasteiger charge is 2.51. The largest absolute Gasteiger partial charge is 0.454 e. The monoisotopic (exact) mass is 747 g/mol. The summed E-state index contributed by atoms with van der Waals surface area (Å²) in [6, 6.07) is 66.8. The van der Waals surface area contributed by atoms with Crippen LogP contribution in [0.1, 0.15) is 44.1 Å². The second-order valence-corrected chi connectivity index (χ2v) is 17.5. The minimum absolute atomic E-state index is 0.419. The first-order valence-electron chi connectivity index (χ1n) is 21.2. The number of para-hydroxylation sites is 2. The molecule has 4 aliphatic rings. The fourth-order valence-electron chi connectivity index (χ4n) is 11.8. The smallest absolute Gasteiger partial charge is 0.159 e. The van der Waals surface area contributed by atoms with Gasteiger partial charge in [-0.05, 0) is 148 Å². The summed E-state index contributed by atoms with van der Waals surface area (Å²) >= 11 is 0. The lowest BCUT2D eigenvalue weighted by Gasteiger charge is -2.57. The SMILES string of the molecule is c1ccc(-c2cccc3cccc(-c4ccc(N(c5ccc(-c6ccc(C78CC9CC(CC(C9)C7)C8)cc6)cc5)c5cccc6c5oc5ccccc56)cc4)c23)cc1. The summed E-state index contributed by atoms with van der Waals surface area (Å²) < 4.78 is 6.65. The van der Waals surface area contributed by atoms with Gasteiger partial charge in [0.2, 0.25) is 0 Å². The van der Waals surface area contributed by atoms with Crippen LogP contribution in [0.25, 0.3) is 66.1 Å². The Bertz CT molecular complexity index is 2920. The molecule has 4 aliphatic carbocycles. The number of fused-ring (bicyclic) bond motifs is 4. The molecule has 4 fully saturated rings. The number of benzene rings is 8. The molecule has 0 spiro atoms. The number of anilines is 3. The van der Waals surface area contributed by atoms with E-state index in [4.69, 9.17) is 4.42 Å². The third-order valence-electron chi connectivity index (χ3n) is 14.0. The molecule has 2 heteroatoms. The van der Waals surface area contributed by atoms with Crippen molar-refractivity contribution in [2.45, 2.75) is 43.9 Å². The van der Waals surface area contributed by atoms with Crippen LogP contribution in [0, 0.1) is 17.8 Å². The Kier molecular flexibility index (Phi) is 7.76. The molecule has 4 bridgehead atoms. The van der Waals surface area contributed by atoms with Gasteiger partial charge < -0.3 is 9.32 Å². The van der Waals surface area contributed by atoms with E-state index < -0.39 is 0 Å². The van der Waals surface area contributed by atoms with Gasteiger partial charge in [0, 0.05) is 22.1 Å². The van der Waals surface area contributed by atoms with Crippen LogP contribution in [-0.2, 0) is 5.41 Å². The van der Waals surface area contributed by atoms with E-state index in [1.165, 1.54) is 82.7 Å². The van der Waals surface area contributed by atoms with E-state index in [9.17, 15) is 0 Å². The molecule has 0 saturated heterocycles. The summed E-state index contributed by atoms with van der Waals surface area (Å²) in [7, 11) is 0. The molecule has 9 aromatic rings. The Balaban J connectivity index is 0.931. The van der Waals surface area contributed by atoms with Crippen LogP contribution >= 0.6 is 0 Å². The van der Waals surface area contributed by atoms with Crippen molar-refractivity contribution >= 4 is 49.8 Å². The van der Waals surface area contributed by atoms with Crippen molar-refractivity contribution in [1.82, 2.24) is 0 Å². The van der Waals surface area contributed by atoms with Crippen molar-refractivity contribution in [2.75, 3.05) is 4.90 Å². The molecule has 0 unspecified atom stereocenters. The van der Waals surface area contributed by atoms with Gasteiger partial charge in [-0.1, -0.05) is 146 Å². The minimum Gasteiger partial charge on any atom is -0.454 e. The van der Waals surface area contributed by atoms with Crippen molar-refractivity contribution in [1.29, 1.82) is 0 Å². The molecular weight excluding hydrogens is 703 g/mol. The number of nitrogens with zero attached hydrogens (tertiary/aromatic N) is 1. The molecule has 13 rings (SSSR count). The second kappa shape index (κ2) is 13.4. The molecule has 8 aromatic carbocycles. The molecule has 280 valence electrons. The van der Waals surface area contributed by atoms with Crippen LogP contribution < -0.4 is 4.90 Å². The first-order valence-corrected chi connectivity index (χ1v) is 21.2. The van der Waals surface area contributed by atoms with Crippen LogP contribution in [0.5, 0.6) is 0 Å². The van der Waals surface area contributed by atoms with E-state index in [-0.39, 0.29) is 0 Å². The van der Waals surface area contributed by atoms with E-state index in [2.05, 4.69) is 181 Å². The zero-order chi connectivity index (χ0) is 38.2. The lowest BCUT2D eigenvalue weighted by atomic mass is 9.48. The van der Waals surface area contributed by atoms with E-state index in [0.29, 0.717) is 5.41 Å². The maximum absolute atomic E-state index is 6.65. The van der Waals surface area contributed by atoms with Crippen LogP contribution in [0.3, 0.4) is 0 Å². The Labute approximate surface area is 340 Å². The van der Waals surface area contributed by atoms with E-state index in [1.54, 1.807) is 5.56 Å². The minimum atomic E-state index is 0.419. The van der Waals surface area contributed by atoms with Crippen LogP contribution in [0.15, 0.2) is 186 Å². The highest BCUT2D eigenvalue weighted by molar-refractivity contribution is 6.10. The highest BCUT2D eigenvalue weighted by atomic mass is 16.3. The average molecular weight is 748 g/mol. The maximum Gasteiger partial charge on any atom is 0.159 e. The van der Waals surface area contributed by atoms with Crippen molar-refractivity contribution in [2.24, 2.45) is 17.8 Å². The molecule has 0 atom stereocenters. The molecule has 58 heavy (non-hydrogen) atoms. The molecule has 0 radical (unpaired) electrons. The van der Waals surface area contributed by atoms with Gasteiger partial charge in [-0.2, -0.15) is 0 Å². The lowest BCUT2D eigenvalue weighted by molar-refractivity contribution is -0.00518. The van der Waals surface area contributed by atoms with Crippen LogP contribution in [0.2, 0.25) is 0 Å². The summed E-state index contributed by atoms with van der Waals surface area (Å²) in [4.78, 5) is 2.35. The molecule has 0 amide bonds. The van der Waals surface area contributed by atoms with Crippen molar-refractivity contribution < 1.29 is 4.42 Å². The Morgan fingerprint density at radius 1 is 0.431 bits per heavy atom. The lowest BCUT2D eigenvalue weighted by Crippen LogP contribution is -2.48. The summed E-state index contributed by atoms with van der Waals surface area (Å²) in [6.07, 6.45) is 8.65. The zero-order valence-corrected chi connectivity index (χ0v) is 32.7. The standard InChI is InChI=1S/C56H45NO/c1-2-9-42(10-3-1)48-14-6-11-44-12-7-15-49(54(44)48)43-23-29-47(30-24-43)57(52-17-8-16-51-50-13-4-5-18-53(50)58-55(51)52)46-27-21-41(22-28-46)40-19-25-45(26-20-40)56-34-37-31-38(35-56)33-39(32-37)36-56/h1-30,37-39H,31-36H2. The predicted octanol–water partition coefficient (Wildman–Crippen LogP) is 15.7. The Morgan fingerprint density at radius 3 is 1.59 bits per heavy atom. The summed E-state index contributed by atoms with van der Waals surface area (Å²) in [6.45, 7) is 0. The first-order chi connectivity index (χ1) is 28.7. The average Bonchev–Trinajstić information content (AvgIpc) is 3.66. The molecular formula is C56H45NO. The van der Waals surface area contributed by atoms with Gasteiger partial charge in [-0.25, -0.2) is 0 Å². The van der Waals surface area contributed by atoms with Gasteiger partial charge in [0.1, 0.15) is 5.58 Å². The quantitative estimate of drug-likeness (QED) is 0.161. The number of furan rings is 1. The molecule has 0 aliphatic heterocycles. The van der Waals surface area contributed by atoms with Gasteiger partial charge >= 0.3 is 0 Å². The number of rotatable bonds is 7. The second-order valence-electron chi connectivity index (χ2n) is 17.5. The van der Waals surface area contributed by atoms with Gasteiger partial charge in [0.25, 0.3) is 0 Å². The third-order valence-corrected chi connectivity index (χ3v) is 14.0. The Morgan fingerprint density at radius 2 is 0.948 bits per heavy atom. The van der Waals surface area contributed by atoms with E-state index >= 15 is 0 Å². The fraction of sp³-hybridized carbons (Fsp3) is 0.179. The zero-order valence-electron chi connectivity index (χ0n) is 32.7. The maximum atomic E-state index is 6.65. The molecule has 1 aromatic heterocycles. The van der Waals surface area contributed by atoms with Gasteiger partial charge in [-0.3, -0.25) is 0 Å². The first kappa shape index (κ1) is 33.7. The third kappa shape index (κ3) is 5.53. The number of hydrogen-bond acceptors (Lipinski definition) is 2. The molecule has 0 N–H and O–H groups in total. The van der Waals surface area contributed by atoms with Crippen LogP contribution in [0.4, 0.5) is 17.1 Å². The van der Waals surface area contributed by atoms with E-state index in [1.807, 2.05) is 6.07 Å². The summed E-state index contributed by atoms with van der Waals surface area (Å²) in [5.74, 6) is 2.86. The highest BCUT2D eigenvalue weighted by Crippen LogP contribution is 2.61. The van der Waals surface area contributed by atoms with Gasteiger partial charge in [-0.15, -0.1) is 0 Å². The van der Waals surface area contributed by atoms with Crippen molar-refractivity contribution in [3.8, 4) is 33.4 Å². The fourth-order valence-corrected chi connectivity index (χ4v) is 11.8. The number of hydrogen-bond donors (Lipinski definition) is 0. The van der Waals surface area contributed by atoms with Gasteiger partial charge in [0.05, 0.1) is 5.69 Å². The normalized spacial score (nSPS) is 20.9.